The van der Waals surface area contributed by atoms with E-state index in [2.05, 4.69) is 10.4 Å². The second-order valence-electron chi connectivity index (χ2n) is 4.44. The number of carbonyl (C=O) groups excluding carboxylic acids is 1. The maximum absolute atomic E-state index is 11.7. The number of nitrogens with two attached hydrogens (primary N) is 1. The average Bonchev–Trinajstić information content (AvgIpc) is 2.84. The molecule has 0 bridgehead atoms. The highest BCUT2D eigenvalue weighted by Crippen LogP contribution is 2.22. The van der Waals surface area contributed by atoms with Gasteiger partial charge in [0.2, 0.25) is 0 Å². The molecule has 5 nitrogen and oxygen atoms in total. The number of rotatable bonds is 3. The Kier molecular flexibility index (Phi) is 3.24. The van der Waals surface area contributed by atoms with E-state index in [-0.39, 0.29) is 11.9 Å². The first kappa shape index (κ1) is 11.1. The molecule has 0 aromatic carbocycles. The predicted molar refractivity (Wildman–Crippen MR) is 60.9 cm³/mol. The molecule has 16 heavy (non-hydrogen) atoms. The molecule has 0 spiro atoms. The van der Waals surface area contributed by atoms with E-state index in [9.17, 15) is 4.79 Å². The van der Waals surface area contributed by atoms with Crippen LogP contribution < -0.4 is 11.1 Å². The molecule has 1 amide bonds. The first-order chi connectivity index (χ1) is 7.66. The number of amides is 1. The number of carbonyl (C=O) groups is 1. The monoisotopic (exact) mass is 222 g/mol. The zero-order valence-corrected chi connectivity index (χ0v) is 9.52. The van der Waals surface area contributed by atoms with E-state index in [0.717, 1.165) is 12.8 Å². The summed E-state index contributed by atoms with van der Waals surface area (Å²) in [6.07, 6.45) is 5.12. The summed E-state index contributed by atoms with van der Waals surface area (Å²) in [5, 5.41) is 6.94. The van der Waals surface area contributed by atoms with Crippen LogP contribution in [0.25, 0.3) is 0 Å². The van der Waals surface area contributed by atoms with Gasteiger partial charge in [-0.05, 0) is 24.8 Å². The number of aromatic nitrogens is 2. The SMILES string of the molecule is Cn1ccc(C(=O)NCC2CCCC2N)n1. The standard InChI is InChI=1S/C11H18N4O/c1-15-6-5-10(14-15)11(16)13-7-8-3-2-4-9(8)12/h5-6,8-9H,2-4,7,12H2,1H3,(H,13,16). The van der Waals surface area contributed by atoms with Crippen molar-refractivity contribution in [1.82, 2.24) is 15.1 Å². The fourth-order valence-corrected chi connectivity index (χ4v) is 2.17. The summed E-state index contributed by atoms with van der Waals surface area (Å²) >= 11 is 0. The van der Waals surface area contributed by atoms with Gasteiger partial charge in [-0.25, -0.2) is 0 Å². The summed E-state index contributed by atoms with van der Waals surface area (Å²) in [7, 11) is 1.80. The van der Waals surface area contributed by atoms with Crippen LogP contribution in [0, 0.1) is 5.92 Å². The van der Waals surface area contributed by atoms with Crippen LogP contribution in [-0.2, 0) is 7.05 Å². The summed E-state index contributed by atoms with van der Waals surface area (Å²) in [6, 6.07) is 1.95. The van der Waals surface area contributed by atoms with Gasteiger partial charge in [0.05, 0.1) is 0 Å². The van der Waals surface area contributed by atoms with Gasteiger partial charge in [0.25, 0.3) is 5.91 Å². The van der Waals surface area contributed by atoms with Crippen molar-refractivity contribution in [3.63, 3.8) is 0 Å². The van der Waals surface area contributed by atoms with Crippen molar-refractivity contribution >= 4 is 5.91 Å². The number of hydrogen-bond donors (Lipinski definition) is 2. The maximum Gasteiger partial charge on any atom is 0.271 e. The first-order valence-electron chi connectivity index (χ1n) is 5.70. The Balaban J connectivity index is 1.84. The van der Waals surface area contributed by atoms with Crippen molar-refractivity contribution in [2.45, 2.75) is 25.3 Å². The topological polar surface area (TPSA) is 72.9 Å². The molecule has 2 unspecified atom stereocenters. The van der Waals surface area contributed by atoms with Gasteiger partial charge in [-0.2, -0.15) is 5.10 Å². The van der Waals surface area contributed by atoms with E-state index in [0.29, 0.717) is 18.2 Å². The third kappa shape index (κ3) is 2.41. The van der Waals surface area contributed by atoms with Gasteiger partial charge >= 0.3 is 0 Å². The van der Waals surface area contributed by atoms with Gasteiger partial charge in [0, 0.05) is 25.8 Å². The Hall–Kier alpha value is -1.36. The predicted octanol–water partition coefficient (Wildman–Crippen LogP) is 0.277. The molecule has 5 heteroatoms. The summed E-state index contributed by atoms with van der Waals surface area (Å²) < 4.78 is 1.62. The number of nitrogens with one attached hydrogen (secondary N) is 1. The zero-order chi connectivity index (χ0) is 11.5. The van der Waals surface area contributed by atoms with Crippen molar-refractivity contribution in [2.24, 2.45) is 18.7 Å². The van der Waals surface area contributed by atoms with E-state index in [1.807, 2.05) is 0 Å². The first-order valence-corrected chi connectivity index (χ1v) is 5.70. The molecule has 1 heterocycles. The molecule has 1 aliphatic carbocycles. The highest BCUT2D eigenvalue weighted by Gasteiger charge is 2.24. The number of hydrogen-bond acceptors (Lipinski definition) is 3. The quantitative estimate of drug-likeness (QED) is 0.771. The second kappa shape index (κ2) is 4.65. The van der Waals surface area contributed by atoms with Crippen LogP contribution in [0.3, 0.4) is 0 Å². The number of aryl methyl sites for hydroxylation is 1. The lowest BCUT2D eigenvalue weighted by Gasteiger charge is -2.15. The van der Waals surface area contributed by atoms with E-state index < -0.39 is 0 Å². The maximum atomic E-state index is 11.7. The Morgan fingerprint density at radius 2 is 2.50 bits per heavy atom. The van der Waals surface area contributed by atoms with E-state index in [1.165, 1.54) is 6.42 Å². The second-order valence-corrected chi connectivity index (χ2v) is 4.44. The van der Waals surface area contributed by atoms with Gasteiger partial charge < -0.3 is 11.1 Å². The minimum absolute atomic E-state index is 0.111. The van der Waals surface area contributed by atoms with Crippen LogP contribution in [0.4, 0.5) is 0 Å². The van der Waals surface area contributed by atoms with Crippen molar-refractivity contribution in [2.75, 3.05) is 6.54 Å². The largest absolute Gasteiger partial charge is 0.350 e. The molecule has 1 saturated carbocycles. The molecule has 0 radical (unpaired) electrons. The van der Waals surface area contributed by atoms with Crippen molar-refractivity contribution < 1.29 is 4.79 Å². The van der Waals surface area contributed by atoms with Crippen molar-refractivity contribution in [3.05, 3.63) is 18.0 Å². The molecule has 3 N–H and O–H groups in total. The molecule has 2 rings (SSSR count). The van der Waals surface area contributed by atoms with Crippen LogP contribution in [-0.4, -0.2) is 28.3 Å². The van der Waals surface area contributed by atoms with Gasteiger partial charge in [0.15, 0.2) is 0 Å². The van der Waals surface area contributed by atoms with Gasteiger partial charge in [-0.3, -0.25) is 9.48 Å². The van der Waals surface area contributed by atoms with E-state index in [4.69, 9.17) is 5.73 Å². The third-order valence-electron chi connectivity index (χ3n) is 3.19. The zero-order valence-electron chi connectivity index (χ0n) is 9.52. The Morgan fingerprint density at radius 3 is 3.06 bits per heavy atom. The summed E-state index contributed by atoms with van der Waals surface area (Å²) in [5.41, 5.74) is 6.40. The molecule has 1 aromatic rings. The van der Waals surface area contributed by atoms with Crippen molar-refractivity contribution in [1.29, 1.82) is 0 Å². The average molecular weight is 222 g/mol. The molecule has 2 atom stereocenters. The minimum Gasteiger partial charge on any atom is -0.350 e. The molecule has 88 valence electrons. The molecule has 1 aliphatic rings. The van der Waals surface area contributed by atoms with E-state index >= 15 is 0 Å². The molecule has 0 saturated heterocycles. The summed E-state index contributed by atoms with van der Waals surface area (Å²) in [5.74, 6) is 0.312. The number of nitrogens with zero attached hydrogens (tertiary/aromatic N) is 2. The lowest BCUT2D eigenvalue weighted by Crippen LogP contribution is -2.36. The fourth-order valence-electron chi connectivity index (χ4n) is 2.17. The molecule has 1 fully saturated rings. The lowest BCUT2D eigenvalue weighted by molar-refractivity contribution is 0.0941. The Morgan fingerprint density at radius 1 is 1.69 bits per heavy atom. The van der Waals surface area contributed by atoms with Crippen LogP contribution in [0.1, 0.15) is 29.8 Å². The van der Waals surface area contributed by atoms with Crippen molar-refractivity contribution in [3.8, 4) is 0 Å². The Bertz CT molecular complexity index is 374. The molecule has 1 aromatic heterocycles. The molecular weight excluding hydrogens is 204 g/mol. The van der Waals surface area contributed by atoms with Gasteiger partial charge in [0.1, 0.15) is 5.69 Å². The Labute approximate surface area is 95.0 Å². The fraction of sp³-hybridized carbons (Fsp3) is 0.636. The third-order valence-corrected chi connectivity index (χ3v) is 3.19. The smallest absolute Gasteiger partial charge is 0.271 e. The van der Waals surface area contributed by atoms with Crippen LogP contribution in [0.2, 0.25) is 0 Å². The normalized spacial score (nSPS) is 24.6. The van der Waals surface area contributed by atoms with E-state index in [1.54, 1.807) is 24.0 Å². The summed E-state index contributed by atoms with van der Waals surface area (Å²) in [6.45, 7) is 0.663. The molecular formula is C11H18N4O. The lowest BCUT2D eigenvalue weighted by atomic mass is 10.0. The van der Waals surface area contributed by atoms with Crippen LogP contribution in [0.5, 0.6) is 0 Å². The van der Waals surface area contributed by atoms with Gasteiger partial charge in [-0.1, -0.05) is 6.42 Å². The highest BCUT2D eigenvalue weighted by molar-refractivity contribution is 5.92. The van der Waals surface area contributed by atoms with Gasteiger partial charge in [-0.15, -0.1) is 0 Å². The van der Waals surface area contributed by atoms with Crippen LogP contribution >= 0.6 is 0 Å². The minimum atomic E-state index is -0.111. The summed E-state index contributed by atoms with van der Waals surface area (Å²) in [4.78, 5) is 11.7. The molecule has 0 aliphatic heterocycles. The highest BCUT2D eigenvalue weighted by atomic mass is 16.1. The van der Waals surface area contributed by atoms with Crippen LogP contribution in [0.15, 0.2) is 12.3 Å².